The molecule has 0 radical (unpaired) electrons. The second-order valence-electron chi connectivity index (χ2n) is 7.88. The molecule has 5 rings (SSSR count). The molecular weight excluding hydrogens is 458 g/mol. The Morgan fingerprint density at radius 3 is 2.81 bits per heavy atom. The van der Waals surface area contributed by atoms with E-state index >= 15 is 0 Å². The molecule has 0 atom stereocenters. The summed E-state index contributed by atoms with van der Waals surface area (Å²) >= 11 is 3.59. The van der Waals surface area contributed by atoms with E-state index in [-0.39, 0.29) is 6.10 Å². The number of rotatable bonds is 5. The Labute approximate surface area is 188 Å². The number of hydrogen-bond donors (Lipinski definition) is 2. The first-order valence-electron chi connectivity index (χ1n) is 10.3. The van der Waals surface area contributed by atoms with Crippen LogP contribution >= 0.6 is 15.9 Å². The van der Waals surface area contributed by atoms with Gasteiger partial charge in [0.1, 0.15) is 29.7 Å². The maximum Gasteiger partial charge on any atom is 0.145 e. The SMILES string of the molecule is COc1cc(OC2CCN(C)CC2)c2c(Nc3ccc4[nH]cc(Br)c4c3)ncnc2c1. The lowest BCUT2D eigenvalue weighted by molar-refractivity contribution is 0.115. The number of anilines is 2. The number of H-pyrrole nitrogens is 1. The lowest BCUT2D eigenvalue weighted by atomic mass is 10.1. The van der Waals surface area contributed by atoms with E-state index in [1.54, 1.807) is 13.4 Å². The normalized spacial score (nSPS) is 15.5. The molecule has 0 amide bonds. The van der Waals surface area contributed by atoms with E-state index in [1.807, 2.05) is 30.5 Å². The summed E-state index contributed by atoms with van der Waals surface area (Å²) in [4.78, 5) is 14.6. The van der Waals surface area contributed by atoms with Crippen molar-refractivity contribution in [3.05, 3.63) is 47.3 Å². The lowest BCUT2D eigenvalue weighted by Gasteiger charge is -2.29. The number of fused-ring (bicyclic) bond motifs is 2. The number of nitrogens with zero attached hydrogens (tertiary/aromatic N) is 3. The van der Waals surface area contributed by atoms with E-state index in [0.717, 1.165) is 69.4 Å². The third-order valence-electron chi connectivity index (χ3n) is 5.76. The van der Waals surface area contributed by atoms with Crippen LogP contribution in [-0.4, -0.2) is 53.2 Å². The molecule has 160 valence electrons. The van der Waals surface area contributed by atoms with Gasteiger partial charge in [0, 0.05) is 52.5 Å². The molecule has 0 saturated carbocycles. The van der Waals surface area contributed by atoms with Crippen LogP contribution in [0.2, 0.25) is 0 Å². The molecule has 0 aliphatic carbocycles. The van der Waals surface area contributed by atoms with Crippen molar-refractivity contribution in [3.8, 4) is 11.5 Å². The van der Waals surface area contributed by atoms with Crippen LogP contribution in [0, 0.1) is 0 Å². The van der Waals surface area contributed by atoms with E-state index < -0.39 is 0 Å². The number of hydrogen-bond acceptors (Lipinski definition) is 6. The van der Waals surface area contributed by atoms with Crippen LogP contribution in [0.4, 0.5) is 11.5 Å². The van der Waals surface area contributed by atoms with Crippen LogP contribution in [-0.2, 0) is 0 Å². The van der Waals surface area contributed by atoms with Crippen LogP contribution in [0.25, 0.3) is 21.8 Å². The zero-order valence-corrected chi connectivity index (χ0v) is 19.1. The van der Waals surface area contributed by atoms with Gasteiger partial charge in [0.05, 0.1) is 18.0 Å². The Bertz CT molecular complexity index is 1230. The Morgan fingerprint density at radius 2 is 2.00 bits per heavy atom. The summed E-state index contributed by atoms with van der Waals surface area (Å²) in [5, 5.41) is 5.42. The largest absolute Gasteiger partial charge is 0.497 e. The number of aromatic nitrogens is 3. The predicted molar refractivity (Wildman–Crippen MR) is 127 cm³/mol. The minimum atomic E-state index is 0.159. The van der Waals surface area contributed by atoms with E-state index in [4.69, 9.17) is 9.47 Å². The summed E-state index contributed by atoms with van der Waals surface area (Å²) in [6.45, 7) is 2.06. The number of halogens is 1. The molecule has 1 saturated heterocycles. The molecule has 1 fully saturated rings. The summed E-state index contributed by atoms with van der Waals surface area (Å²) in [5.74, 6) is 2.18. The summed E-state index contributed by atoms with van der Waals surface area (Å²) in [5.41, 5.74) is 2.79. The van der Waals surface area contributed by atoms with Crippen molar-refractivity contribution in [3.63, 3.8) is 0 Å². The van der Waals surface area contributed by atoms with Gasteiger partial charge in [0.2, 0.25) is 0 Å². The second-order valence-corrected chi connectivity index (χ2v) is 8.74. The Morgan fingerprint density at radius 1 is 1.16 bits per heavy atom. The molecule has 0 spiro atoms. The Kier molecular flexibility index (Phi) is 5.41. The highest BCUT2D eigenvalue weighted by atomic mass is 79.9. The molecule has 7 nitrogen and oxygen atoms in total. The molecule has 3 heterocycles. The van der Waals surface area contributed by atoms with Gasteiger partial charge in [-0.3, -0.25) is 0 Å². The topological polar surface area (TPSA) is 75.3 Å². The molecule has 31 heavy (non-hydrogen) atoms. The molecule has 1 aliphatic rings. The maximum atomic E-state index is 6.48. The van der Waals surface area contributed by atoms with Gasteiger partial charge >= 0.3 is 0 Å². The van der Waals surface area contributed by atoms with Crippen molar-refractivity contribution >= 4 is 49.2 Å². The zero-order valence-electron chi connectivity index (χ0n) is 17.5. The minimum absolute atomic E-state index is 0.159. The fourth-order valence-electron chi connectivity index (χ4n) is 4.02. The predicted octanol–water partition coefficient (Wildman–Crippen LogP) is 5.10. The van der Waals surface area contributed by atoms with Crippen LogP contribution in [0.3, 0.4) is 0 Å². The molecule has 2 aromatic heterocycles. The van der Waals surface area contributed by atoms with Gasteiger partial charge < -0.3 is 24.7 Å². The van der Waals surface area contributed by atoms with Crippen LogP contribution in [0.15, 0.2) is 47.3 Å². The molecule has 4 aromatic rings. The number of ether oxygens (including phenoxy) is 2. The number of piperidine rings is 1. The molecule has 2 aromatic carbocycles. The highest BCUT2D eigenvalue weighted by Crippen LogP contribution is 2.37. The Hall–Kier alpha value is -2.84. The van der Waals surface area contributed by atoms with Crippen molar-refractivity contribution in [2.75, 3.05) is 32.6 Å². The van der Waals surface area contributed by atoms with Crippen LogP contribution in [0.1, 0.15) is 12.8 Å². The average molecular weight is 482 g/mol. The number of aromatic amines is 1. The van der Waals surface area contributed by atoms with Gasteiger partial charge in [-0.2, -0.15) is 0 Å². The van der Waals surface area contributed by atoms with Crippen molar-refractivity contribution in [1.29, 1.82) is 0 Å². The number of nitrogens with one attached hydrogen (secondary N) is 2. The Balaban J connectivity index is 1.54. The smallest absolute Gasteiger partial charge is 0.145 e. The number of likely N-dealkylation sites (tertiary alicyclic amines) is 1. The zero-order chi connectivity index (χ0) is 21.4. The van der Waals surface area contributed by atoms with Gasteiger partial charge in [-0.25, -0.2) is 9.97 Å². The monoisotopic (exact) mass is 481 g/mol. The van der Waals surface area contributed by atoms with Crippen molar-refractivity contribution in [2.45, 2.75) is 18.9 Å². The molecule has 8 heteroatoms. The molecule has 1 aliphatic heterocycles. The average Bonchev–Trinajstić information content (AvgIpc) is 3.15. The highest BCUT2D eigenvalue weighted by molar-refractivity contribution is 9.10. The third kappa shape index (κ3) is 4.05. The highest BCUT2D eigenvalue weighted by Gasteiger charge is 2.21. The summed E-state index contributed by atoms with van der Waals surface area (Å²) < 4.78 is 13.0. The summed E-state index contributed by atoms with van der Waals surface area (Å²) in [6, 6.07) is 10.0. The van der Waals surface area contributed by atoms with E-state index in [1.165, 1.54) is 0 Å². The van der Waals surface area contributed by atoms with Crippen LogP contribution in [0.5, 0.6) is 11.5 Å². The van der Waals surface area contributed by atoms with Crippen LogP contribution < -0.4 is 14.8 Å². The standard InChI is InChI=1S/C23H24BrN5O2/c1-29-7-5-15(6-8-29)31-21-11-16(30-2)10-20-22(21)23(27-13-26-20)28-14-3-4-19-17(9-14)18(24)12-25-19/h3-4,9-13,15,25H,5-8H2,1-2H3,(H,26,27,28). The lowest BCUT2D eigenvalue weighted by Crippen LogP contribution is -2.35. The molecule has 0 unspecified atom stereocenters. The molecule has 0 bridgehead atoms. The van der Waals surface area contributed by atoms with Gasteiger partial charge in [0.15, 0.2) is 0 Å². The van der Waals surface area contributed by atoms with Crippen molar-refractivity contribution < 1.29 is 9.47 Å². The van der Waals surface area contributed by atoms with Crippen molar-refractivity contribution in [2.24, 2.45) is 0 Å². The first kappa shape index (κ1) is 20.1. The maximum absolute atomic E-state index is 6.48. The van der Waals surface area contributed by atoms with Gasteiger partial charge in [0.25, 0.3) is 0 Å². The summed E-state index contributed by atoms with van der Waals surface area (Å²) in [7, 11) is 3.80. The fourth-order valence-corrected chi connectivity index (χ4v) is 4.46. The third-order valence-corrected chi connectivity index (χ3v) is 6.42. The number of benzene rings is 2. The second kappa shape index (κ2) is 8.36. The van der Waals surface area contributed by atoms with Gasteiger partial charge in [-0.05, 0) is 54.0 Å². The fraction of sp³-hybridized carbons (Fsp3) is 0.304. The number of methoxy groups -OCH3 is 1. The van der Waals surface area contributed by atoms with E-state index in [0.29, 0.717) is 5.82 Å². The first-order valence-corrected chi connectivity index (χ1v) is 11.1. The summed E-state index contributed by atoms with van der Waals surface area (Å²) in [6.07, 6.45) is 5.64. The van der Waals surface area contributed by atoms with Gasteiger partial charge in [-0.1, -0.05) is 0 Å². The van der Waals surface area contributed by atoms with Gasteiger partial charge in [-0.15, -0.1) is 0 Å². The molecule has 2 N–H and O–H groups in total. The quantitative estimate of drug-likeness (QED) is 0.413. The van der Waals surface area contributed by atoms with Crippen molar-refractivity contribution in [1.82, 2.24) is 19.9 Å². The molecular formula is C23H24BrN5O2. The van der Waals surface area contributed by atoms with E-state index in [9.17, 15) is 0 Å². The minimum Gasteiger partial charge on any atom is -0.497 e. The van der Waals surface area contributed by atoms with E-state index in [2.05, 4.69) is 54.2 Å². The first-order chi connectivity index (χ1) is 15.1.